The number of aromatic nitrogens is 1. The van der Waals surface area contributed by atoms with E-state index in [1.807, 2.05) is 6.20 Å². The quantitative estimate of drug-likeness (QED) is 0.217. The summed E-state index contributed by atoms with van der Waals surface area (Å²) >= 11 is 0. The third kappa shape index (κ3) is 3.60. The second-order valence-electron chi connectivity index (χ2n) is 10.4. The molecule has 1 aromatic heterocycles. The number of rotatable bonds is 3. The lowest BCUT2D eigenvalue weighted by molar-refractivity contribution is 1.42. The van der Waals surface area contributed by atoms with E-state index in [9.17, 15) is 0 Å². The topological polar surface area (TPSA) is 12.9 Å². The molecule has 0 bridgehead atoms. The van der Waals surface area contributed by atoms with Gasteiger partial charge in [0.25, 0.3) is 0 Å². The summed E-state index contributed by atoms with van der Waals surface area (Å²) in [5, 5.41) is 8.65. The molecule has 1 heteroatoms. The second kappa shape index (κ2) is 9.18. The molecule has 0 amide bonds. The molecule has 0 unspecified atom stereocenters. The molecule has 0 radical (unpaired) electrons. The highest BCUT2D eigenvalue weighted by Crippen LogP contribution is 2.43. The van der Waals surface area contributed by atoms with E-state index in [2.05, 4.69) is 146 Å². The smallest absolute Gasteiger partial charge is 0.0792 e. The van der Waals surface area contributed by atoms with Gasteiger partial charge in [-0.15, -0.1) is 0 Å². The molecule has 0 atom stereocenters. The maximum atomic E-state index is 4.97. The van der Waals surface area contributed by atoms with Gasteiger partial charge in [0.15, 0.2) is 0 Å². The van der Waals surface area contributed by atoms with Crippen LogP contribution in [0.15, 0.2) is 152 Å². The lowest BCUT2D eigenvalue weighted by Gasteiger charge is -2.17. The van der Waals surface area contributed by atoms with Crippen LogP contribution in [-0.2, 0) is 0 Å². The molecule has 8 rings (SSSR count). The maximum absolute atomic E-state index is 4.97. The normalized spacial score (nSPS) is 11.5. The Bertz CT molecular complexity index is 2140. The molecule has 1 nitrogen and oxygen atoms in total. The van der Waals surface area contributed by atoms with Gasteiger partial charge >= 0.3 is 0 Å². The Morgan fingerprint density at radius 1 is 0.350 bits per heavy atom. The van der Waals surface area contributed by atoms with Gasteiger partial charge in [0, 0.05) is 17.1 Å². The summed E-state index contributed by atoms with van der Waals surface area (Å²) in [7, 11) is 0. The molecule has 0 aliphatic rings. The van der Waals surface area contributed by atoms with Crippen molar-refractivity contribution in [3.8, 4) is 33.4 Å². The number of fused-ring (bicyclic) bond motifs is 4. The van der Waals surface area contributed by atoms with Gasteiger partial charge in [0.1, 0.15) is 0 Å². The molecule has 0 N–H and O–H groups in total. The third-order valence-corrected chi connectivity index (χ3v) is 8.09. The van der Waals surface area contributed by atoms with E-state index < -0.39 is 0 Å². The molecule has 0 aliphatic carbocycles. The first-order valence-corrected chi connectivity index (χ1v) is 13.7. The Balaban J connectivity index is 1.36. The fourth-order valence-electron chi connectivity index (χ4n) is 6.24. The van der Waals surface area contributed by atoms with Crippen LogP contribution in [0, 0.1) is 0 Å². The number of nitrogens with zero attached hydrogens (tertiary/aromatic N) is 1. The largest absolute Gasteiger partial charge is 0.256 e. The first kappa shape index (κ1) is 22.7. The summed E-state index contributed by atoms with van der Waals surface area (Å²) in [5.41, 5.74) is 8.32. The molecule has 40 heavy (non-hydrogen) atoms. The highest BCUT2D eigenvalue weighted by Gasteiger charge is 2.17. The molecule has 0 saturated heterocycles. The zero-order chi connectivity index (χ0) is 26.5. The highest BCUT2D eigenvalue weighted by molar-refractivity contribution is 6.20. The minimum absolute atomic E-state index is 1.03. The van der Waals surface area contributed by atoms with E-state index in [0.29, 0.717) is 0 Å². The fraction of sp³-hybridized carbons (Fsp3) is 0. The van der Waals surface area contributed by atoms with Gasteiger partial charge < -0.3 is 0 Å². The zero-order valence-electron chi connectivity index (χ0n) is 21.9. The second-order valence-corrected chi connectivity index (χ2v) is 10.4. The van der Waals surface area contributed by atoms with Gasteiger partial charge in [-0.1, -0.05) is 133 Å². The van der Waals surface area contributed by atoms with Crippen molar-refractivity contribution in [2.45, 2.75) is 0 Å². The monoisotopic (exact) mass is 507 g/mol. The van der Waals surface area contributed by atoms with Gasteiger partial charge in [0.2, 0.25) is 0 Å². The van der Waals surface area contributed by atoms with Crippen molar-refractivity contribution in [3.05, 3.63) is 152 Å². The molecule has 0 aliphatic heterocycles. The maximum Gasteiger partial charge on any atom is 0.0792 e. The van der Waals surface area contributed by atoms with Crippen molar-refractivity contribution in [2.75, 3.05) is 0 Å². The minimum Gasteiger partial charge on any atom is -0.256 e. The summed E-state index contributed by atoms with van der Waals surface area (Å²) < 4.78 is 0. The Labute approximate surface area is 233 Å². The molecule has 8 aromatic rings. The van der Waals surface area contributed by atoms with Crippen molar-refractivity contribution in [2.24, 2.45) is 0 Å². The SMILES string of the molecule is c1ccc2cc(-c3c4ccccc4c(-c4ccc(-c5cccc6ccccc56)cc4)c4cccnc34)ccc2c1. The van der Waals surface area contributed by atoms with Crippen LogP contribution in [-0.4, -0.2) is 4.98 Å². The van der Waals surface area contributed by atoms with Crippen molar-refractivity contribution in [3.63, 3.8) is 0 Å². The van der Waals surface area contributed by atoms with Crippen LogP contribution >= 0.6 is 0 Å². The summed E-state index contributed by atoms with van der Waals surface area (Å²) in [6.07, 6.45) is 1.91. The van der Waals surface area contributed by atoms with E-state index >= 15 is 0 Å². The van der Waals surface area contributed by atoms with Crippen LogP contribution < -0.4 is 0 Å². The van der Waals surface area contributed by atoms with Gasteiger partial charge in [-0.2, -0.15) is 0 Å². The van der Waals surface area contributed by atoms with Crippen LogP contribution in [0.3, 0.4) is 0 Å². The van der Waals surface area contributed by atoms with Crippen LogP contribution in [0.25, 0.3) is 76.6 Å². The number of benzene rings is 7. The predicted molar refractivity (Wildman–Crippen MR) is 171 cm³/mol. The van der Waals surface area contributed by atoms with Crippen molar-refractivity contribution in [1.29, 1.82) is 0 Å². The Morgan fingerprint density at radius 3 is 1.77 bits per heavy atom. The first-order chi connectivity index (χ1) is 19.8. The van der Waals surface area contributed by atoms with Crippen LogP contribution in [0.5, 0.6) is 0 Å². The van der Waals surface area contributed by atoms with Crippen LogP contribution in [0.4, 0.5) is 0 Å². The Hall–Kier alpha value is -5.27. The van der Waals surface area contributed by atoms with Gasteiger partial charge in [0.05, 0.1) is 5.52 Å². The lowest BCUT2D eigenvalue weighted by Crippen LogP contribution is -1.93. The highest BCUT2D eigenvalue weighted by atomic mass is 14.7. The summed E-state index contributed by atoms with van der Waals surface area (Å²) in [5.74, 6) is 0. The summed E-state index contributed by atoms with van der Waals surface area (Å²) in [6.45, 7) is 0. The molecule has 0 fully saturated rings. The van der Waals surface area contributed by atoms with Crippen LogP contribution in [0.1, 0.15) is 0 Å². The average Bonchev–Trinajstić information content (AvgIpc) is 3.03. The fourth-order valence-corrected chi connectivity index (χ4v) is 6.24. The molecular formula is C39H25N. The third-order valence-electron chi connectivity index (χ3n) is 8.09. The predicted octanol–water partition coefficient (Wildman–Crippen LogP) is 10.7. The van der Waals surface area contributed by atoms with Crippen molar-refractivity contribution >= 4 is 43.2 Å². The number of hydrogen-bond acceptors (Lipinski definition) is 1. The van der Waals surface area contributed by atoms with Gasteiger partial charge in [-0.25, -0.2) is 0 Å². The van der Waals surface area contributed by atoms with E-state index in [1.54, 1.807) is 0 Å². The van der Waals surface area contributed by atoms with Gasteiger partial charge in [-0.3, -0.25) is 4.98 Å². The molecule has 0 spiro atoms. The van der Waals surface area contributed by atoms with E-state index in [4.69, 9.17) is 4.98 Å². The van der Waals surface area contributed by atoms with Crippen molar-refractivity contribution in [1.82, 2.24) is 4.98 Å². The van der Waals surface area contributed by atoms with Gasteiger partial charge in [-0.05, 0) is 72.3 Å². The molecular weight excluding hydrogens is 482 g/mol. The number of hydrogen-bond donors (Lipinski definition) is 0. The molecule has 1 heterocycles. The first-order valence-electron chi connectivity index (χ1n) is 13.7. The minimum atomic E-state index is 1.03. The summed E-state index contributed by atoms with van der Waals surface area (Å²) in [4.78, 5) is 4.97. The molecule has 7 aromatic carbocycles. The van der Waals surface area contributed by atoms with Crippen LogP contribution in [0.2, 0.25) is 0 Å². The summed E-state index contributed by atoms with van der Waals surface area (Å²) in [6, 6.07) is 52.5. The zero-order valence-corrected chi connectivity index (χ0v) is 21.9. The molecule has 0 saturated carbocycles. The van der Waals surface area contributed by atoms with E-state index in [0.717, 1.165) is 5.52 Å². The Kier molecular flexibility index (Phi) is 5.21. The number of pyridine rings is 1. The van der Waals surface area contributed by atoms with E-state index in [-0.39, 0.29) is 0 Å². The Morgan fingerprint density at radius 2 is 0.950 bits per heavy atom. The lowest BCUT2D eigenvalue weighted by atomic mass is 9.87. The van der Waals surface area contributed by atoms with Crippen molar-refractivity contribution < 1.29 is 0 Å². The average molecular weight is 508 g/mol. The molecule has 186 valence electrons. The standard InChI is InChI=1S/C39H25N/c1-2-11-30-25-31(23-18-26(30)9-1)38-35-15-6-5-14-34(35)37(36-17-8-24-40-39(36)38)29-21-19-28(20-22-29)33-16-7-12-27-10-3-4-13-32(27)33/h1-25H. The van der Waals surface area contributed by atoms with E-state index in [1.165, 1.54) is 71.1 Å².